The van der Waals surface area contributed by atoms with Gasteiger partial charge in [0, 0.05) is 73.2 Å². The van der Waals surface area contributed by atoms with Crippen molar-refractivity contribution in [2.75, 3.05) is 0 Å². The van der Waals surface area contributed by atoms with Crippen molar-refractivity contribution in [1.82, 2.24) is 0 Å². The van der Waals surface area contributed by atoms with Gasteiger partial charge in [-0.1, -0.05) is 160 Å². The molecule has 0 rings (SSSR count). The van der Waals surface area contributed by atoms with E-state index in [0.717, 1.165) is 116 Å². The molecule has 0 amide bonds. The van der Waals surface area contributed by atoms with E-state index in [1.54, 1.807) is 0 Å². The summed E-state index contributed by atoms with van der Waals surface area (Å²) in [5.74, 6) is 0.153. The SMILES string of the molecule is CC(C)CCCCC(=O)O.CC(C)CCCCC(=O)O.CC(C)CCCCC(=O)O.CC(C)CCCCC(=O)O.CC(C)CCCCC(=O)O.CC(C)CCCCC(=O)O.[Cr].[Cr]. The van der Waals surface area contributed by atoms with E-state index in [9.17, 15) is 28.8 Å². The standard InChI is InChI=1S/6C8H16O2.2Cr/c6*1-7(2)5-3-4-6-8(9)10;;/h6*7H,3-6H2,1-2H3,(H,9,10);;. The van der Waals surface area contributed by atoms with Crippen LogP contribution in [0.5, 0.6) is 0 Å². The molecule has 0 saturated carbocycles. The molecule has 0 spiro atoms. The third-order valence-corrected chi connectivity index (χ3v) is 8.53. The van der Waals surface area contributed by atoms with Crippen molar-refractivity contribution in [1.29, 1.82) is 0 Å². The van der Waals surface area contributed by atoms with Crippen molar-refractivity contribution in [2.24, 2.45) is 35.5 Å². The molecule has 0 saturated heterocycles. The molecule has 0 atom stereocenters. The Morgan fingerprint density at radius 3 is 0.403 bits per heavy atom. The van der Waals surface area contributed by atoms with E-state index >= 15 is 0 Å². The summed E-state index contributed by atoms with van der Waals surface area (Å²) in [5.41, 5.74) is 0. The minimum absolute atomic E-state index is 0. The molecule has 6 N–H and O–H groups in total. The van der Waals surface area contributed by atoms with Gasteiger partial charge in [-0.05, 0) is 74.0 Å². The average molecular weight is 969 g/mol. The van der Waals surface area contributed by atoms with Crippen molar-refractivity contribution in [3.63, 3.8) is 0 Å². The second-order valence-corrected chi connectivity index (χ2v) is 18.2. The molecule has 0 aliphatic heterocycles. The maximum Gasteiger partial charge on any atom is 0.303 e. The first-order chi connectivity index (χ1) is 27.8. The second-order valence-electron chi connectivity index (χ2n) is 18.2. The van der Waals surface area contributed by atoms with Gasteiger partial charge < -0.3 is 30.6 Å². The number of hydrogen-bond donors (Lipinski definition) is 6. The molecule has 0 aromatic heterocycles. The first-order valence-corrected chi connectivity index (χ1v) is 23.1. The topological polar surface area (TPSA) is 224 Å². The van der Waals surface area contributed by atoms with E-state index in [2.05, 4.69) is 83.1 Å². The van der Waals surface area contributed by atoms with E-state index in [1.165, 1.54) is 0 Å². The van der Waals surface area contributed by atoms with Crippen molar-refractivity contribution < 1.29 is 94.1 Å². The Labute approximate surface area is 400 Å². The summed E-state index contributed by atoms with van der Waals surface area (Å²) < 4.78 is 0. The zero-order valence-electron chi connectivity index (χ0n) is 41.4. The minimum Gasteiger partial charge on any atom is -0.481 e. The number of carboxylic acids is 6. The zero-order chi connectivity index (χ0) is 47.9. The van der Waals surface area contributed by atoms with Crippen LogP contribution in [0.25, 0.3) is 0 Å². The Balaban J connectivity index is -0.0000000935. The number of rotatable bonds is 30. The Morgan fingerprint density at radius 2 is 0.339 bits per heavy atom. The fourth-order valence-electron chi connectivity index (χ4n) is 4.97. The van der Waals surface area contributed by atoms with Crippen LogP contribution < -0.4 is 0 Å². The summed E-state index contributed by atoms with van der Waals surface area (Å²) in [4.78, 5) is 60.3. The Hall–Kier alpha value is -2.12. The van der Waals surface area contributed by atoms with Crippen molar-refractivity contribution in [3.8, 4) is 0 Å². The maximum atomic E-state index is 10.0. The van der Waals surface area contributed by atoms with Crippen LogP contribution in [-0.4, -0.2) is 66.5 Å². The van der Waals surface area contributed by atoms with Gasteiger partial charge in [0.1, 0.15) is 0 Å². The van der Waals surface area contributed by atoms with Crippen molar-refractivity contribution in [3.05, 3.63) is 0 Å². The van der Waals surface area contributed by atoms with Crippen LogP contribution in [0.3, 0.4) is 0 Å². The second kappa shape index (κ2) is 58.9. The number of aliphatic carboxylic acids is 6. The van der Waals surface area contributed by atoms with Crippen LogP contribution >= 0.6 is 0 Å². The van der Waals surface area contributed by atoms with Crippen LogP contribution in [0, 0.1) is 35.5 Å². The quantitative estimate of drug-likeness (QED) is 0.0370. The third-order valence-electron chi connectivity index (χ3n) is 8.53. The van der Waals surface area contributed by atoms with Crippen molar-refractivity contribution in [2.45, 2.75) is 237 Å². The van der Waals surface area contributed by atoms with Crippen LogP contribution in [0.15, 0.2) is 0 Å². The van der Waals surface area contributed by atoms with Crippen LogP contribution in [0.2, 0.25) is 0 Å². The molecule has 62 heavy (non-hydrogen) atoms. The van der Waals surface area contributed by atoms with E-state index in [1.807, 2.05) is 0 Å². The molecule has 0 bridgehead atoms. The van der Waals surface area contributed by atoms with E-state index in [4.69, 9.17) is 30.6 Å². The minimum atomic E-state index is -0.677. The number of carbonyl (C=O) groups is 6. The molecule has 0 aliphatic carbocycles. The first-order valence-electron chi connectivity index (χ1n) is 23.1. The monoisotopic (exact) mass is 969 g/mol. The average Bonchev–Trinajstić information content (AvgIpc) is 3.10. The predicted octanol–water partition coefficient (Wildman–Crippen LogP) is 13.7. The predicted molar refractivity (Wildman–Crippen MR) is 246 cm³/mol. The van der Waals surface area contributed by atoms with Gasteiger partial charge in [-0.25, -0.2) is 0 Å². The van der Waals surface area contributed by atoms with Gasteiger partial charge in [0.2, 0.25) is 0 Å². The number of hydrogen-bond acceptors (Lipinski definition) is 6. The van der Waals surface area contributed by atoms with Gasteiger partial charge in [0.25, 0.3) is 0 Å². The normalized spacial score (nSPS) is 9.97. The van der Waals surface area contributed by atoms with Gasteiger partial charge in [-0.2, -0.15) is 0 Å². The van der Waals surface area contributed by atoms with Gasteiger partial charge in [0.05, 0.1) is 0 Å². The zero-order valence-corrected chi connectivity index (χ0v) is 43.9. The van der Waals surface area contributed by atoms with E-state index in [0.29, 0.717) is 74.0 Å². The van der Waals surface area contributed by atoms with E-state index in [-0.39, 0.29) is 34.7 Å². The van der Waals surface area contributed by atoms with Gasteiger partial charge in [-0.15, -0.1) is 0 Å². The molecule has 0 radical (unpaired) electrons. The molecule has 0 aliphatic rings. The molecular formula is C48H96Cr2O12. The Kier molecular flexibility index (Phi) is 73.3. The fourth-order valence-corrected chi connectivity index (χ4v) is 4.97. The number of carboxylic acid groups (broad SMARTS) is 6. The summed E-state index contributed by atoms with van der Waals surface area (Å²) in [5, 5.41) is 49.7. The summed E-state index contributed by atoms with van der Waals surface area (Å²) >= 11 is 0. The van der Waals surface area contributed by atoms with Crippen LogP contribution in [0.1, 0.15) is 237 Å². The third kappa shape index (κ3) is 118. The Morgan fingerprint density at radius 1 is 0.242 bits per heavy atom. The Bertz CT molecular complexity index is 799. The van der Waals surface area contributed by atoms with Crippen LogP contribution in [-0.2, 0) is 63.5 Å². The fraction of sp³-hybridized carbons (Fsp3) is 0.875. The summed E-state index contributed by atoms with van der Waals surface area (Å²) in [6.45, 7) is 25.8. The molecule has 14 heteroatoms. The smallest absolute Gasteiger partial charge is 0.303 e. The maximum absolute atomic E-state index is 10.0. The molecular weight excluding hydrogens is 873 g/mol. The molecule has 0 unspecified atom stereocenters. The van der Waals surface area contributed by atoms with Gasteiger partial charge in [0.15, 0.2) is 0 Å². The first kappa shape index (κ1) is 77.1. The summed E-state index contributed by atoms with van der Waals surface area (Å²) in [7, 11) is 0. The molecule has 372 valence electrons. The molecule has 12 nitrogen and oxygen atoms in total. The molecule has 0 fully saturated rings. The number of unbranched alkanes of at least 4 members (excludes halogenated alkanes) is 6. The molecule has 0 heterocycles. The van der Waals surface area contributed by atoms with Crippen LogP contribution in [0.4, 0.5) is 0 Å². The largest absolute Gasteiger partial charge is 0.481 e. The van der Waals surface area contributed by atoms with E-state index < -0.39 is 35.8 Å². The summed E-state index contributed by atoms with van der Waals surface area (Å²) in [6, 6.07) is 0. The van der Waals surface area contributed by atoms with Crippen molar-refractivity contribution >= 4 is 35.8 Å². The molecule has 0 aromatic carbocycles. The van der Waals surface area contributed by atoms with Gasteiger partial charge >= 0.3 is 35.8 Å². The summed E-state index contributed by atoms with van der Waals surface area (Å²) in [6.07, 6.45) is 20.1. The molecule has 0 aromatic rings. The van der Waals surface area contributed by atoms with Gasteiger partial charge in [-0.3, -0.25) is 28.8 Å².